The van der Waals surface area contributed by atoms with Crippen LogP contribution in [0.2, 0.25) is 0 Å². The molecule has 0 aliphatic heterocycles. The number of nitrogens with zero attached hydrogens (tertiary/aromatic N) is 3. The van der Waals surface area contributed by atoms with Crippen LogP contribution in [0.4, 0.5) is 0 Å². The highest BCUT2D eigenvalue weighted by Gasteiger charge is 2.24. The maximum absolute atomic E-state index is 12.1. The number of imidazole rings is 1. The molecule has 1 unspecified atom stereocenters. The Hall–Kier alpha value is -2.42. The van der Waals surface area contributed by atoms with Gasteiger partial charge in [-0.25, -0.2) is 9.78 Å². The monoisotopic (exact) mass is 308 g/mol. The van der Waals surface area contributed by atoms with Crippen molar-refractivity contribution >= 4 is 17.1 Å². The standard InChI is InChI=1S/C13H20N6O3/c1-4-7(11(20)15-6-5-14)9-16-8-10(17-9)18(2)13(22)19(3)12(8)21/h7H,4-6,14H2,1-3H3,(H,15,20)(H,16,17). The largest absolute Gasteiger partial charge is 0.354 e. The van der Waals surface area contributed by atoms with Gasteiger partial charge in [-0.1, -0.05) is 6.92 Å². The molecule has 0 aliphatic carbocycles. The minimum atomic E-state index is -0.529. The molecule has 4 N–H and O–H groups in total. The van der Waals surface area contributed by atoms with Crippen molar-refractivity contribution in [3.05, 3.63) is 26.7 Å². The highest BCUT2D eigenvalue weighted by molar-refractivity contribution is 5.83. The Balaban J connectivity index is 2.55. The molecule has 0 saturated heterocycles. The Bertz CT molecular complexity index is 816. The van der Waals surface area contributed by atoms with Crippen LogP contribution in [0.15, 0.2) is 9.59 Å². The van der Waals surface area contributed by atoms with E-state index in [4.69, 9.17) is 5.73 Å². The molecule has 0 radical (unpaired) electrons. The van der Waals surface area contributed by atoms with Gasteiger partial charge in [0.2, 0.25) is 5.91 Å². The maximum atomic E-state index is 12.1. The van der Waals surface area contributed by atoms with E-state index in [0.29, 0.717) is 25.3 Å². The lowest BCUT2D eigenvalue weighted by Crippen LogP contribution is -2.36. The molecule has 0 spiro atoms. The zero-order valence-electron chi connectivity index (χ0n) is 12.8. The van der Waals surface area contributed by atoms with Gasteiger partial charge in [0.15, 0.2) is 5.65 Å². The average molecular weight is 308 g/mol. The van der Waals surface area contributed by atoms with E-state index in [1.165, 1.54) is 18.7 Å². The molecular formula is C13H20N6O3. The van der Waals surface area contributed by atoms with Gasteiger partial charge in [-0.2, -0.15) is 0 Å². The minimum absolute atomic E-state index is 0.213. The van der Waals surface area contributed by atoms with Crippen molar-refractivity contribution in [3.63, 3.8) is 0 Å². The molecule has 0 aliphatic rings. The highest BCUT2D eigenvalue weighted by Crippen LogP contribution is 2.18. The van der Waals surface area contributed by atoms with E-state index in [9.17, 15) is 14.4 Å². The third-order valence-electron chi connectivity index (χ3n) is 3.61. The van der Waals surface area contributed by atoms with Gasteiger partial charge in [-0.15, -0.1) is 0 Å². The van der Waals surface area contributed by atoms with Gasteiger partial charge in [0.25, 0.3) is 5.56 Å². The molecule has 1 amide bonds. The number of carbonyl (C=O) groups is 1. The molecular weight excluding hydrogens is 288 g/mol. The second-order valence-electron chi connectivity index (χ2n) is 5.07. The summed E-state index contributed by atoms with van der Waals surface area (Å²) in [4.78, 5) is 43.3. The van der Waals surface area contributed by atoms with Gasteiger partial charge in [0.05, 0.1) is 5.92 Å². The van der Waals surface area contributed by atoms with Crippen molar-refractivity contribution in [2.75, 3.05) is 13.1 Å². The van der Waals surface area contributed by atoms with Crippen molar-refractivity contribution in [1.82, 2.24) is 24.4 Å². The number of H-pyrrole nitrogens is 1. The van der Waals surface area contributed by atoms with Crippen molar-refractivity contribution in [3.8, 4) is 0 Å². The first-order valence-corrected chi connectivity index (χ1v) is 7.05. The fourth-order valence-electron chi connectivity index (χ4n) is 2.33. The summed E-state index contributed by atoms with van der Waals surface area (Å²) in [6.07, 6.45) is 0.504. The molecule has 2 aromatic heterocycles. The van der Waals surface area contributed by atoms with E-state index in [0.717, 1.165) is 4.57 Å². The highest BCUT2D eigenvalue weighted by atomic mass is 16.2. The molecule has 0 aromatic carbocycles. The molecule has 0 bridgehead atoms. The predicted octanol–water partition coefficient (Wildman–Crippen LogP) is -1.47. The van der Waals surface area contributed by atoms with E-state index in [-0.39, 0.29) is 17.1 Å². The molecule has 2 aromatic rings. The van der Waals surface area contributed by atoms with E-state index in [1.54, 1.807) is 0 Å². The van der Waals surface area contributed by atoms with Crippen LogP contribution < -0.4 is 22.3 Å². The van der Waals surface area contributed by atoms with Gasteiger partial charge in [0, 0.05) is 27.2 Å². The fourth-order valence-corrected chi connectivity index (χ4v) is 2.33. The maximum Gasteiger partial charge on any atom is 0.332 e. The van der Waals surface area contributed by atoms with E-state index in [2.05, 4.69) is 15.3 Å². The molecule has 2 rings (SSSR count). The van der Waals surface area contributed by atoms with Crippen molar-refractivity contribution in [2.24, 2.45) is 19.8 Å². The first kappa shape index (κ1) is 16.0. The Labute approximate surface area is 126 Å². The number of aromatic nitrogens is 4. The van der Waals surface area contributed by atoms with Crippen LogP contribution in [0.1, 0.15) is 25.1 Å². The second-order valence-corrected chi connectivity index (χ2v) is 5.07. The van der Waals surface area contributed by atoms with Crippen molar-refractivity contribution in [2.45, 2.75) is 19.3 Å². The van der Waals surface area contributed by atoms with Crippen molar-refractivity contribution in [1.29, 1.82) is 0 Å². The molecule has 0 fully saturated rings. The average Bonchev–Trinajstić information content (AvgIpc) is 2.94. The smallest absolute Gasteiger partial charge is 0.332 e. The van der Waals surface area contributed by atoms with E-state index < -0.39 is 17.2 Å². The summed E-state index contributed by atoms with van der Waals surface area (Å²) in [5.74, 6) is -0.377. The Morgan fingerprint density at radius 2 is 2.05 bits per heavy atom. The van der Waals surface area contributed by atoms with Crippen LogP contribution in [0, 0.1) is 0 Å². The number of fused-ring (bicyclic) bond motifs is 1. The van der Waals surface area contributed by atoms with Gasteiger partial charge < -0.3 is 16.0 Å². The molecule has 22 heavy (non-hydrogen) atoms. The molecule has 120 valence electrons. The lowest BCUT2D eigenvalue weighted by Gasteiger charge is -2.11. The number of aryl methyl sites for hydroxylation is 1. The summed E-state index contributed by atoms with van der Waals surface area (Å²) >= 11 is 0. The molecule has 9 heteroatoms. The summed E-state index contributed by atoms with van der Waals surface area (Å²) < 4.78 is 2.28. The fraction of sp³-hybridized carbons (Fsp3) is 0.538. The van der Waals surface area contributed by atoms with Gasteiger partial charge in [0.1, 0.15) is 11.3 Å². The summed E-state index contributed by atoms with van der Waals surface area (Å²) in [5, 5.41) is 2.70. The SMILES string of the molecule is CCC(C(=O)NCCN)c1nc2c([nH]1)c(=O)n(C)c(=O)n2C. The Morgan fingerprint density at radius 1 is 1.36 bits per heavy atom. The number of amides is 1. The number of nitrogens with two attached hydrogens (primary N) is 1. The van der Waals surface area contributed by atoms with Gasteiger partial charge >= 0.3 is 5.69 Å². The number of hydrogen-bond donors (Lipinski definition) is 3. The summed E-state index contributed by atoms with van der Waals surface area (Å²) in [7, 11) is 2.93. The zero-order chi connectivity index (χ0) is 16.4. The number of carbonyl (C=O) groups excluding carboxylic acids is 1. The Kier molecular flexibility index (Phi) is 4.45. The van der Waals surface area contributed by atoms with Crippen LogP contribution in [0.5, 0.6) is 0 Å². The van der Waals surface area contributed by atoms with Crippen LogP contribution in [0.3, 0.4) is 0 Å². The lowest BCUT2D eigenvalue weighted by atomic mass is 10.1. The third kappa shape index (κ3) is 2.54. The van der Waals surface area contributed by atoms with E-state index >= 15 is 0 Å². The summed E-state index contributed by atoms with van der Waals surface area (Å²) in [5.41, 5.74) is 4.90. The van der Waals surface area contributed by atoms with Crippen LogP contribution >= 0.6 is 0 Å². The van der Waals surface area contributed by atoms with Crippen LogP contribution in [-0.4, -0.2) is 38.1 Å². The Morgan fingerprint density at radius 3 is 2.64 bits per heavy atom. The molecule has 2 heterocycles. The van der Waals surface area contributed by atoms with Crippen LogP contribution in [0.25, 0.3) is 11.2 Å². The quantitative estimate of drug-likeness (QED) is 0.621. The minimum Gasteiger partial charge on any atom is -0.354 e. The second kappa shape index (κ2) is 6.14. The number of hydrogen-bond acceptors (Lipinski definition) is 5. The number of aromatic amines is 1. The predicted molar refractivity (Wildman–Crippen MR) is 81.7 cm³/mol. The van der Waals surface area contributed by atoms with Gasteiger partial charge in [-0.3, -0.25) is 18.7 Å². The van der Waals surface area contributed by atoms with E-state index in [1.807, 2.05) is 6.92 Å². The summed E-state index contributed by atoms with van der Waals surface area (Å²) in [6, 6.07) is 0. The lowest BCUT2D eigenvalue weighted by molar-refractivity contribution is -0.122. The number of rotatable bonds is 5. The van der Waals surface area contributed by atoms with Gasteiger partial charge in [-0.05, 0) is 6.42 Å². The molecule has 0 saturated carbocycles. The molecule has 1 atom stereocenters. The topological polar surface area (TPSA) is 128 Å². The first-order chi connectivity index (χ1) is 10.4. The van der Waals surface area contributed by atoms with Crippen molar-refractivity contribution < 1.29 is 4.79 Å². The normalized spacial score (nSPS) is 12.5. The zero-order valence-corrected chi connectivity index (χ0v) is 12.8. The third-order valence-corrected chi connectivity index (χ3v) is 3.61. The van der Waals surface area contributed by atoms with Crippen LogP contribution in [-0.2, 0) is 18.9 Å². The molecule has 9 nitrogen and oxygen atoms in total. The summed E-state index contributed by atoms with van der Waals surface area (Å²) in [6.45, 7) is 2.56. The number of nitrogens with one attached hydrogen (secondary N) is 2. The first-order valence-electron chi connectivity index (χ1n) is 7.05.